The molecule has 1 fully saturated rings. The highest BCUT2D eigenvalue weighted by Gasteiger charge is 2.21. The van der Waals surface area contributed by atoms with Crippen LogP contribution in [0.15, 0.2) is 36.7 Å². The Kier molecular flexibility index (Phi) is 6.16. The lowest BCUT2D eigenvalue weighted by atomic mass is 10.1. The third kappa shape index (κ3) is 4.86. The molecule has 1 atom stereocenters. The van der Waals surface area contributed by atoms with Crippen molar-refractivity contribution >= 4 is 0 Å². The van der Waals surface area contributed by atoms with Gasteiger partial charge >= 0.3 is 0 Å². The first-order chi connectivity index (χ1) is 12.1. The standard InChI is InChI=1S/C21H30N4/c1-17-7-4-11-22-20(17)15-24(3)19-9-6-13-25(14-10-19)16-21-18(2)8-5-12-23-21/h4-5,7-8,11-12,19H,6,9-10,13-16H2,1-3H3/t19-/m1/s1. The Labute approximate surface area is 151 Å². The predicted octanol–water partition coefficient (Wildman–Crippen LogP) is 3.58. The highest BCUT2D eigenvalue weighted by Crippen LogP contribution is 2.20. The second-order valence-corrected chi connectivity index (χ2v) is 7.31. The third-order valence-electron chi connectivity index (χ3n) is 5.42. The molecule has 0 saturated carbocycles. The zero-order chi connectivity index (χ0) is 17.6. The molecule has 1 saturated heterocycles. The van der Waals surface area contributed by atoms with Crippen LogP contribution in [0.2, 0.25) is 0 Å². The van der Waals surface area contributed by atoms with Gasteiger partial charge in [0.25, 0.3) is 0 Å². The fraction of sp³-hybridized carbons (Fsp3) is 0.524. The number of pyridine rings is 2. The van der Waals surface area contributed by atoms with Crippen LogP contribution in [0.4, 0.5) is 0 Å². The third-order valence-corrected chi connectivity index (χ3v) is 5.42. The molecule has 0 unspecified atom stereocenters. The molecule has 1 aliphatic heterocycles. The molecule has 3 rings (SSSR count). The van der Waals surface area contributed by atoms with Crippen molar-refractivity contribution in [2.24, 2.45) is 0 Å². The number of hydrogen-bond acceptors (Lipinski definition) is 4. The van der Waals surface area contributed by atoms with E-state index in [9.17, 15) is 0 Å². The van der Waals surface area contributed by atoms with Gasteiger partial charge in [0, 0.05) is 38.1 Å². The van der Waals surface area contributed by atoms with Gasteiger partial charge in [0.1, 0.15) is 0 Å². The van der Waals surface area contributed by atoms with Gasteiger partial charge in [-0.2, -0.15) is 0 Å². The molecule has 2 aromatic rings. The quantitative estimate of drug-likeness (QED) is 0.834. The minimum absolute atomic E-state index is 0.635. The number of hydrogen-bond donors (Lipinski definition) is 0. The maximum atomic E-state index is 4.56. The molecule has 0 aliphatic carbocycles. The second kappa shape index (κ2) is 8.54. The lowest BCUT2D eigenvalue weighted by Gasteiger charge is -2.27. The summed E-state index contributed by atoms with van der Waals surface area (Å²) in [6.45, 7) is 8.54. The van der Waals surface area contributed by atoms with Gasteiger partial charge in [-0.1, -0.05) is 12.1 Å². The van der Waals surface area contributed by atoms with Crippen LogP contribution >= 0.6 is 0 Å². The van der Waals surface area contributed by atoms with E-state index in [-0.39, 0.29) is 0 Å². The molecule has 0 bridgehead atoms. The van der Waals surface area contributed by atoms with Crippen LogP contribution in [-0.2, 0) is 13.1 Å². The topological polar surface area (TPSA) is 32.3 Å². The summed E-state index contributed by atoms with van der Waals surface area (Å²) >= 11 is 0. The molecular formula is C21H30N4. The Morgan fingerprint density at radius 3 is 2.36 bits per heavy atom. The Bertz CT molecular complexity index is 685. The van der Waals surface area contributed by atoms with E-state index in [2.05, 4.69) is 52.8 Å². The number of rotatable bonds is 5. The summed E-state index contributed by atoms with van der Waals surface area (Å²) in [6.07, 6.45) is 7.54. The summed E-state index contributed by atoms with van der Waals surface area (Å²) in [5, 5.41) is 0. The van der Waals surface area contributed by atoms with Gasteiger partial charge in [-0.05, 0) is 70.0 Å². The molecule has 0 spiro atoms. The number of likely N-dealkylation sites (tertiary alicyclic amines) is 1. The van der Waals surface area contributed by atoms with Crippen molar-refractivity contribution in [3.8, 4) is 0 Å². The van der Waals surface area contributed by atoms with E-state index in [0.29, 0.717) is 6.04 Å². The minimum Gasteiger partial charge on any atom is -0.298 e. The van der Waals surface area contributed by atoms with Crippen LogP contribution in [0.5, 0.6) is 0 Å². The smallest absolute Gasteiger partial charge is 0.0573 e. The van der Waals surface area contributed by atoms with Crippen LogP contribution < -0.4 is 0 Å². The van der Waals surface area contributed by atoms with Crippen molar-refractivity contribution in [3.63, 3.8) is 0 Å². The van der Waals surface area contributed by atoms with E-state index < -0.39 is 0 Å². The summed E-state index contributed by atoms with van der Waals surface area (Å²) < 4.78 is 0. The van der Waals surface area contributed by atoms with E-state index in [0.717, 1.165) is 19.6 Å². The first kappa shape index (κ1) is 18.0. The first-order valence-electron chi connectivity index (χ1n) is 9.37. The number of aromatic nitrogens is 2. The van der Waals surface area contributed by atoms with E-state index in [4.69, 9.17) is 0 Å². The van der Waals surface area contributed by atoms with E-state index in [1.54, 1.807) is 0 Å². The van der Waals surface area contributed by atoms with Gasteiger partial charge in [0.15, 0.2) is 0 Å². The van der Waals surface area contributed by atoms with E-state index in [1.807, 2.05) is 24.5 Å². The molecule has 134 valence electrons. The second-order valence-electron chi connectivity index (χ2n) is 7.31. The highest BCUT2D eigenvalue weighted by molar-refractivity contribution is 5.18. The molecule has 1 aliphatic rings. The maximum absolute atomic E-state index is 4.56. The highest BCUT2D eigenvalue weighted by atomic mass is 15.2. The Morgan fingerprint density at radius 1 is 1.00 bits per heavy atom. The Morgan fingerprint density at radius 2 is 1.68 bits per heavy atom. The van der Waals surface area contributed by atoms with E-state index >= 15 is 0 Å². The van der Waals surface area contributed by atoms with Crippen LogP contribution in [-0.4, -0.2) is 45.9 Å². The first-order valence-corrected chi connectivity index (χ1v) is 9.37. The van der Waals surface area contributed by atoms with Crippen LogP contribution in [0.3, 0.4) is 0 Å². The number of nitrogens with zero attached hydrogens (tertiary/aromatic N) is 4. The largest absolute Gasteiger partial charge is 0.298 e. The van der Waals surface area contributed by atoms with Gasteiger partial charge in [-0.3, -0.25) is 19.8 Å². The summed E-state index contributed by atoms with van der Waals surface area (Å²) in [4.78, 5) is 14.2. The Hall–Kier alpha value is -1.78. The fourth-order valence-corrected chi connectivity index (χ4v) is 3.68. The summed E-state index contributed by atoms with van der Waals surface area (Å²) in [5.74, 6) is 0. The Balaban J connectivity index is 1.56. The average Bonchev–Trinajstić information content (AvgIpc) is 2.85. The van der Waals surface area contributed by atoms with Crippen molar-refractivity contribution in [3.05, 3.63) is 59.2 Å². The van der Waals surface area contributed by atoms with Crippen molar-refractivity contribution in [1.29, 1.82) is 0 Å². The summed E-state index contributed by atoms with van der Waals surface area (Å²) in [5.41, 5.74) is 5.01. The van der Waals surface area contributed by atoms with Crippen LogP contribution in [0.25, 0.3) is 0 Å². The van der Waals surface area contributed by atoms with Crippen molar-refractivity contribution in [1.82, 2.24) is 19.8 Å². The molecule has 0 aromatic carbocycles. The van der Waals surface area contributed by atoms with Crippen LogP contribution in [0.1, 0.15) is 41.8 Å². The normalized spacial score (nSPS) is 19.1. The van der Waals surface area contributed by atoms with Crippen molar-refractivity contribution in [2.75, 3.05) is 20.1 Å². The molecule has 2 aromatic heterocycles. The number of aryl methyl sites for hydroxylation is 2. The van der Waals surface area contributed by atoms with Crippen LogP contribution in [0, 0.1) is 13.8 Å². The lowest BCUT2D eigenvalue weighted by molar-refractivity contribution is 0.203. The fourth-order valence-electron chi connectivity index (χ4n) is 3.68. The SMILES string of the molecule is Cc1cccnc1CN1CCC[C@@H](N(C)Cc2ncccc2C)CC1. The molecular weight excluding hydrogens is 308 g/mol. The molecule has 0 radical (unpaired) electrons. The monoisotopic (exact) mass is 338 g/mol. The van der Waals surface area contributed by atoms with Crippen molar-refractivity contribution in [2.45, 2.75) is 52.2 Å². The molecule has 25 heavy (non-hydrogen) atoms. The minimum atomic E-state index is 0.635. The lowest BCUT2D eigenvalue weighted by Crippen LogP contribution is -2.33. The van der Waals surface area contributed by atoms with Gasteiger partial charge in [-0.25, -0.2) is 0 Å². The molecule has 3 heterocycles. The van der Waals surface area contributed by atoms with Gasteiger partial charge in [-0.15, -0.1) is 0 Å². The van der Waals surface area contributed by atoms with Gasteiger partial charge in [0.2, 0.25) is 0 Å². The summed E-state index contributed by atoms with van der Waals surface area (Å²) in [7, 11) is 2.25. The predicted molar refractivity (Wildman–Crippen MR) is 102 cm³/mol. The van der Waals surface area contributed by atoms with E-state index in [1.165, 1.54) is 48.3 Å². The van der Waals surface area contributed by atoms with Gasteiger partial charge < -0.3 is 0 Å². The molecule has 4 nitrogen and oxygen atoms in total. The molecule has 0 amide bonds. The molecule has 4 heteroatoms. The van der Waals surface area contributed by atoms with Crippen molar-refractivity contribution < 1.29 is 0 Å². The zero-order valence-corrected chi connectivity index (χ0v) is 15.8. The molecule has 0 N–H and O–H groups in total. The average molecular weight is 338 g/mol. The zero-order valence-electron chi connectivity index (χ0n) is 15.8. The summed E-state index contributed by atoms with van der Waals surface area (Å²) in [6, 6.07) is 8.98. The van der Waals surface area contributed by atoms with Gasteiger partial charge in [0.05, 0.1) is 11.4 Å². The maximum Gasteiger partial charge on any atom is 0.0573 e.